The summed E-state index contributed by atoms with van der Waals surface area (Å²) in [5.74, 6) is 0.285. The normalized spacial score (nSPS) is 10.2. The molecule has 0 aliphatic heterocycles. The molecule has 4 nitrogen and oxygen atoms in total. The summed E-state index contributed by atoms with van der Waals surface area (Å²) in [7, 11) is 3.46. The van der Waals surface area contributed by atoms with E-state index in [1.54, 1.807) is 13.3 Å². The molecule has 0 atom stereocenters. The predicted octanol–water partition coefficient (Wildman–Crippen LogP) is 1.80. The van der Waals surface area contributed by atoms with Crippen LogP contribution in [-0.2, 0) is 7.05 Å². The van der Waals surface area contributed by atoms with Gasteiger partial charge in [-0.3, -0.25) is 4.79 Å². The fraction of sp³-hybridized carbons (Fsp3) is 0.154. The number of methoxy groups -OCH3 is 1. The highest BCUT2D eigenvalue weighted by Gasteiger charge is 2.15. The lowest BCUT2D eigenvalue weighted by molar-refractivity contribution is 0.100. The molecule has 4 heteroatoms. The molecule has 17 heavy (non-hydrogen) atoms. The molecule has 0 radical (unpaired) electrons. The van der Waals surface area contributed by atoms with Crippen molar-refractivity contribution >= 4 is 5.91 Å². The van der Waals surface area contributed by atoms with Gasteiger partial charge in [-0.25, -0.2) is 0 Å². The third kappa shape index (κ3) is 2.01. The molecule has 0 fully saturated rings. The zero-order valence-corrected chi connectivity index (χ0v) is 9.81. The van der Waals surface area contributed by atoms with Crippen molar-refractivity contribution in [2.45, 2.75) is 0 Å². The number of hydrogen-bond acceptors (Lipinski definition) is 2. The van der Waals surface area contributed by atoms with Crippen molar-refractivity contribution in [1.29, 1.82) is 0 Å². The number of nitrogens with two attached hydrogens (primary N) is 1. The van der Waals surface area contributed by atoms with E-state index in [-0.39, 0.29) is 0 Å². The van der Waals surface area contributed by atoms with Crippen molar-refractivity contribution in [2.75, 3.05) is 7.11 Å². The summed E-state index contributed by atoms with van der Waals surface area (Å²) in [6.45, 7) is 0. The van der Waals surface area contributed by atoms with Crippen LogP contribution in [0.15, 0.2) is 36.7 Å². The zero-order chi connectivity index (χ0) is 12.4. The number of aromatic nitrogens is 1. The van der Waals surface area contributed by atoms with Crippen LogP contribution < -0.4 is 10.5 Å². The molecule has 0 bridgehead atoms. The Morgan fingerprint density at radius 2 is 1.94 bits per heavy atom. The molecule has 88 valence electrons. The molecular weight excluding hydrogens is 216 g/mol. The molecular formula is C13H14N2O2. The number of primary amides is 1. The highest BCUT2D eigenvalue weighted by atomic mass is 16.5. The largest absolute Gasteiger partial charge is 0.496 e. The minimum Gasteiger partial charge on any atom is -0.496 e. The Kier molecular flexibility index (Phi) is 2.87. The first kappa shape index (κ1) is 11.3. The summed E-state index contributed by atoms with van der Waals surface area (Å²) in [5, 5.41) is 0. The van der Waals surface area contributed by atoms with Gasteiger partial charge < -0.3 is 15.0 Å². The lowest BCUT2D eigenvalue weighted by Gasteiger charge is -2.07. The van der Waals surface area contributed by atoms with Gasteiger partial charge in [0.25, 0.3) is 5.91 Å². The maximum absolute atomic E-state index is 11.4. The zero-order valence-electron chi connectivity index (χ0n) is 9.81. The van der Waals surface area contributed by atoms with E-state index in [2.05, 4.69) is 0 Å². The van der Waals surface area contributed by atoms with Crippen LogP contribution in [0, 0.1) is 0 Å². The van der Waals surface area contributed by atoms with Gasteiger partial charge in [-0.2, -0.15) is 0 Å². The Morgan fingerprint density at radius 3 is 2.59 bits per heavy atom. The van der Waals surface area contributed by atoms with Crippen LogP contribution in [-0.4, -0.2) is 17.6 Å². The second-order valence-electron chi connectivity index (χ2n) is 3.82. The van der Waals surface area contributed by atoms with Crippen LogP contribution in [0.2, 0.25) is 0 Å². The number of para-hydroxylation sites is 1. The molecule has 0 saturated heterocycles. The molecule has 2 aromatic rings. The number of rotatable bonds is 3. The summed E-state index contributed by atoms with van der Waals surface area (Å²) >= 11 is 0. The number of carbonyl (C=O) groups is 1. The molecule has 0 unspecified atom stereocenters. The Labute approximate surface area is 99.6 Å². The second kappa shape index (κ2) is 4.33. The van der Waals surface area contributed by atoms with E-state index in [0.29, 0.717) is 5.56 Å². The quantitative estimate of drug-likeness (QED) is 0.874. The molecule has 0 spiro atoms. The van der Waals surface area contributed by atoms with Crippen molar-refractivity contribution in [2.24, 2.45) is 12.8 Å². The lowest BCUT2D eigenvalue weighted by Crippen LogP contribution is -2.11. The first-order valence-electron chi connectivity index (χ1n) is 5.22. The second-order valence-corrected chi connectivity index (χ2v) is 3.82. The van der Waals surface area contributed by atoms with Crippen molar-refractivity contribution < 1.29 is 9.53 Å². The number of hydrogen-bond donors (Lipinski definition) is 1. The first-order chi connectivity index (χ1) is 8.13. The van der Waals surface area contributed by atoms with E-state index in [0.717, 1.165) is 16.9 Å². The SMILES string of the molecule is COc1ccccc1-c1cn(C)cc1C(N)=O. The van der Waals surface area contributed by atoms with E-state index in [1.165, 1.54) is 0 Å². The summed E-state index contributed by atoms with van der Waals surface area (Å²) in [5.41, 5.74) is 7.52. The van der Waals surface area contributed by atoms with Crippen molar-refractivity contribution in [3.63, 3.8) is 0 Å². The topological polar surface area (TPSA) is 57.2 Å². The maximum Gasteiger partial charge on any atom is 0.250 e. The highest BCUT2D eigenvalue weighted by Crippen LogP contribution is 2.32. The van der Waals surface area contributed by atoms with E-state index in [1.807, 2.05) is 42.1 Å². The average molecular weight is 230 g/mol. The number of carbonyl (C=O) groups excluding carboxylic acids is 1. The van der Waals surface area contributed by atoms with Crippen LogP contribution in [0.1, 0.15) is 10.4 Å². The predicted molar refractivity (Wildman–Crippen MR) is 65.9 cm³/mol. The van der Waals surface area contributed by atoms with Gasteiger partial charge in [0.1, 0.15) is 5.75 Å². The Bertz CT molecular complexity index is 558. The van der Waals surface area contributed by atoms with Crippen LogP contribution in [0.3, 0.4) is 0 Å². The number of ether oxygens (including phenoxy) is 1. The first-order valence-corrected chi connectivity index (χ1v) is 5.22. The molecule has 0 saturated carbocycles. The smallest absolute Gasteiger partial charge is 0.250 e. The summed E-state index contributed by atoms with van der Waals surface area (Å²) in [6.07, 6.45) is 3.57. The van der Waals surface area contributed by atoms with Crippen LogP contribution >= 0.6 is 0 Å². The molecule has 1 aromatic carbocycles. The molecule has 0 aliphatic carbocycles. The van der Waals surface area contributed by atoms with Crippen LogP contribution in [0.25, 0.3) is 11.1 Å². The van der Waals surface area contributed by atoms with Gasteiger partial charge in [-0.1, -0.05) is 18.2 Å². The Hall–Kier alpha value is -2.23. The van der Waals surface area contributed by atoms with Gasteiger partial charge in [0.05, 0.1) is 12.7 Å². The van der Waals surface area contributed by atoms with Gasteiger partial charge in [-0.05, 0) is 6.07 Å². The number of amides is 1. The minimum atomic E-state index is -0.438. The van der Waals surface area contributed by atoms with Crippen LogP contribution in [0.5, 0.6) is 5.75 Å². The molecule has 2 rings (SSSR count). The molecule has 1 heterocycles. The summed E-state index contributed by atoms with van der Waals surface area (Å²) < 4.78 is 7.09. The third-order valence-corrected chi connectivity index (χ3v) is 2.62. The Morgan fingerprint density at radius 1 is 1.24 bits per heavy atom. The summed E-state index contributed by atoms with van der Waals surface area (Å²) in [6, 6.07) is 7.54. The molecule has 2 N–H and O–H groups in total. The van der Waals surface area contributed by atoms with Gasteiger partial charge in [0.15, 0.2) is 0 Å². The van der Waals surface area contributed by atoms with E-state index in [9.17, 15) is 4.79 Å². The fourth-order valence-electron chi connectivity index (χ4n) is 1.86. The number of aryl methyl sites for hydroxylation is 1. The van der Waals surface area contributed by atoms with E-state index in [4.69, 9.17) is 10.5 Å². The van der Waals surface area contributed by atoms with Gasteiger partial charge in [-0.15, -0.1) is 0 Å². The lowest BCUT2D eigenvalue weighted by atomic mass is 10.0. The fourth-order valence-corrected chi connectivity index (χ4v) is 1.86. The standard InChI is InChI=1S/C13H14N2O2/c1-15-7-10(11(8-15)13(14)16)9-5-3-4-6-12(9)17-2/h3-8H,1-2H3,(H2,14,16). The monoisotopic (exact) mass is 230 g/mol. The average Bonchev–Trinajstić information content (AvgIpc) is 2.71. The molecule has 1 amide bonds. The maximum atomic E-state index is 11.4. The van der Waals surface area contributed by atoms with E-state index < -0.39 is 5.91 Å². The Balaban J connectivity index is 2.63. The van der Waals surface area contributed by atoms with Crippen LogP contribution in [0.4, 0.5) is 0 Å². The van der Waals surface area contributed by atoms with Gasteiger partial charge in [0.2, 0.25) is 0 Å². The van der Waals surface area contributed by atoms with Crippen molar-refractivity contribution in [1.82, 2.24) is 4.57 Å². The van der Waals surface area contributed by atoms with Crippen molar-refractivity contribution in [3.8, 4) is 16.9 Å². The summed E-state index contributed by atoms with van der Waals surface area (Å²) in [4.78, 5) is 11.4. The minimum absolute atomic E-state index is 0.438. The molecule has 0 aliphatic rings. The van der Waals surface area contributed by atoms with Gasteiger partial charge >= 0.3 is 0 Å². The van der Waals surface area contributed by atoms with E-state index >= 15 is 0 Å². The van der Waals surface area contributed by atoms with Gasteiger partial charge in [0, 0.05) is 30.6 Å². The highest BCUT2D eigenvalue weighted by molar-refractivity contribution is 6.00. The number of nitrogens with zero attached hydrogens (tertiary/aromatic N) is 1. The third-order valence-electron chi connectivity index (χ3n) is 2.62. The number of benzene rings is 1. The molecule has 1 aromatic heterocycles. The van der Waals surface area contributed by atoms with Crippen molar-refractivity contribution in [3.05, 3.63) is 42.2 Å².